The molecule has 1 aliphatic carbocycles. The molecular formula is C38H31N3. The van der Waals surface area contributed by atoms with E-state index in [0.29, 0.717) is 0 Å². The second kappa shape index (κ2) is 8.81. The Bertz CT molecular complexity index is 1900. The molecule has 3 heteroatoms. The Hall–Kier alpha value is -4.89. The zero-order valence-corrected chi connectivity index (χ0v) is 23.6. The second-order valence-electron chi connectivity index (χ2n) is 11.7. The summed E-state index contributed by atoms with van der Waals surface area (Å²) in [5.41, 5.74) is 15.8. The summed E-state index contributed by atoms with van der Waals surface area (Å²) in [6.45, 7) is 5.53. The number of aliphatic imine (C=N–C) groups is 1. The van der Waals surface area contributed by atoms with Crippen LogP contribution in [0.1, 0.15) is 36.1 Å². The fraction of sp³-hybridized carbons (Fsp3) is 0.132. The third-order valence-electron chi connectivity index (χ3n) is 8.97. The van der Waals surface area contributed by atoms with Crippen LogP contribution in [-0.4, -0.2) is 19.8 Å². The van der Waals surface area contributed by atoms with E-state index in [0.717, 1.165) is 17.9 Å². The van der Waals surface area contributed by atoms with Crippen LogP contribution in [0.15, 0.2) is 108 Å². The summed E-state index contributed by atoms with van der Waals surface area (Å²) in [5.74, 6) is 0. The van der Waals surface area contributed by atoms with E-state index in [4.69, 9.17) is 4.99 Å². The monoisotopic (exact) mass is 529 g/mol. The highest BCUT2D eigenvalue weighted by Gasteiger charge is 2.44. The summed E-state index contributed by atoms with van der Waals surface area (Å²) in [6.07, 6.45) is 6.65. The van der Waals surface area contributed by atoms with Gasteiger partial charge >= 0.3 is 0 Å². The maximum atomic E-state index is 5.09. The first-order valence-corrected chi connectivity index (χ1v) is 14.3. The van der Waals surface area contributed by atoms with E-state index in [2.05, 4.69) is 152 Å². The molecule has 5 aromatic rings. The van der Waals surface area contributed by atoms with Gasteiger partial charge in [-0.3, -0.25) is 4.99 Å². The van der Waals surface area contributed by atoms with Crippen LogP contribution in [0, 0.1) is 0 Å². The van der Waals surface area contributed by atoms with E-state index in [1.165, 1.54) is 61.6 Å². The molecule has 8 rings (SSSR count). The maximum Gasteiger partial charge on any atom is 0.0949 e. The normalized spacial score (nSPS) is 15.5. The summed E-state index contributed by atoms with van der Waals surface area (Å²) in [4.78, 5) is 9.94. The van der Waals surface area contributed by atoms with Gasteiger partial charge in [0.25, 0.3) is 0 Å². The van der Waals surface area contributed by atoms with Crippen molar-refractivity contribution in [3.63, 3.8) is 0 Å². The molecule has 0 bridgehead atoms. The highest BCUT2D eigenvalue weighted by molar-refractivity contribution is 6.10. The number of nitrogens with zero attached hydrogens (tertiary/aromatic N) is 3. The van der Waals surface area contributed by atoms with Crippen LogP contribution in [0.2, 0.25) is 0 Å². The molecule has 5 aromatic carbocycles. The van der Waals surface area contributed by atoms with Crippen LogP contribution in [0.5, 0.6) is 0 Å². The van der Waals surface area contributed by atoms with E-state index in [1.54, 1.807) is 0 Å². The van der Waals surface area contributed by atoms with Crippen LogP contribution < -0.4 is 9.80 Å². The van der Waals surface area contributed by atoms with Gasteiger partial charge in [0.1, 0.15) is 0 Å². The molecule has 3 nitrogen and oxygen atoms in total. The SMILES string of the molecule is CN1CC=Nc2c3c(c4c(c21)C=Cc1ccccc1N4c1ccc(-c2ccccc2)cc1)C(C)(C)c1ccccc1-3. The summed E-state index contributed by atoms with van der Waals surface area (Å²) >= 11 is 0. The number of fused-ring (bicyclic) bond motifs is 9. The molecule has 0 radical (unpaired) electrons. The van der Waals surface area contributed by atoms with Gasteiger partial charge in [0.2, 0.25) is 0 Å². The van der Waals surface area contributed by atoms with Gasteiger partial charge in [-0.15, -0.1) is 0 Å². The Morgan fingerprint density at radius 1 is 0.707 bits per heavy atom. The predicted octanol–water partition coefficient (Wildman–Crippen LogP) is 9.77. The van der Waals surface area contributed by atoms with E-state index in [-0.39, 0.29) is 5.41 Å². The highest BCUT2D eigenvalue weighted by Crippen LogP contribution is 2.62. The largest absolute Gasteiger partial charge is 0.367 e. The number of hydrogen-bond acceptors (Lipinski definition) is 3. The molecular weight excluding hydrogens is 498 g/mol. The Morgan fingerprint density at radius 3 is 2.24 bits per heavy atom. The van der Waals surface area contributed by atoms with Gasteiger partial charge in [-0.25, -0.2) is 0 Å². The van der Waals surface area contributed by atoms with Gasteiger partial charge < -0.3 is 9.80 Å². The Morgan fingerprint density at radius 2 is 1.41 bits per heavy atom. The van der Waals surface area contributed by atoms with Crippen molar-refractivity contribution in [3.8, 4) is 22.3 Å². The van der Waals surface area contributed by atoms with Crippen molar-refractivity contribution in [1.82, 2.24) is 0 Å². The third-order valence-corrected chi connectivity index (χ3v) is 8.97. The fourth-order valence-electron chi connectivity index (χ4n) is 7.06. The highest BCUT2D eigenvalue weighted by atomic mass is 15.2. The average molecular weight is 530 g/mol. The predicted molar refractivity (Wildman–Crippen MR) is 174 cm³/mol. The zero-order chi connectivity index (χ0) is 27.7. The molecule has 0 fully saturated rings. The first-order chi connectivity index (χ1) is 20.0. The molecule has 2 heterocycles. The summed E-state index contributed by atoms with van der Waals surface area (Å²) in [7, 11) is 2.19. The van der Waals surface area contributed by atoms with Crippen LogP contribution in [0.25, 0.3) is 34.4 Å². The van der Waals surface area contributed by atoms with Gasteiger partial charge in [-0.1, -0.05) is 111 Å². The van der Waals surface area contributed by atoms with E-state index < -0.39 is 0 Å². The zero-order valence-electron chi connectivity index (χ0n) is 23.6. The van der Waals surface area contributed by atoms with Crippen molar-refractivity contribution < 1.29 is 0 Å². The van der Waals surface area contributed by atoms with E-state index in [1.807, 2.05) is 0 Å². The number of hydrogen-bond donors (Lipinski definition) is 0. The lowest BCUT2D eigenvalue weighted by molar-refractivity contribution is 0.660. The van der Waals surface area contributed by atoms with Crippen molar-refractivity contribution in [2.75, 3.05) is 23.4 Å². The maximum absolute atomic E-state index is 5.09. The van der Waals surface area contributed by atoms with E-state index >= 15 is 0 Å². The number of rotatable bonds is 2. The van der Waals surface area contributed by atoms with Gasteiger partial charge in [0.05, 0.1) is 29.3 Å². The van der Waals surface area contributed by atoms with Gasteiger partial charge in [-0.2, -0.15) is 0 Å². The van der Waals surface area contributed by atoms with Crippen molar-refractivity contribution in [2.24, 2.45) is 4.99 Å². The van der Waals surface area contributed by atoms with Crippen molar-refractivity contribution in [2.45, 2.75) is 19.3 Å². The summed E-state index contributed by atoms with van der Waals surface area (Å²) in [6, 6.07) is 37.3. The quantitative estimate of drug-likeness (QED) is 0.222. The lowest BCUT2D eigenvalue weighted by atomic mass is 9.79. The molecule has 3 aliphatic rings. The van der Waals surface area contributed by atoms with Crippen LogP contribution in [0.3, 0.4) is 0 Å². The van der Waals surface area contributed by atoms with Gasteiger partial charge in [0, 0.05) is 35.5 Å². The van der Waals surface area contributed by atoms with Gasteiger partial charge in [-0.05, 0) is 51.6 Å². The minimum atomic E-state index is -0.202. The molecule has 41 heavy (non-hydrogen) atoms. The number of anilines is 4. The lowest BCUT2D eigenvalue weighted by Crippen LogP contribution is -2.26. The number of benzene rings is 5. The molecule has 0 aromatic heterocycles. The average Bonchev–Trinajstić information content (AvgIpc) is 3.13. The standard InChI is InChI=1S/C38H31N3/c1-38(2)31-15-9-8-14-29(31)33-34(38)36-30(37-35(33)39-23-24-40(37)3)22-19-27-13-7-10-16-32(27)41(36)28-20-17-26(18-21-28)25-11-5-4-6-12-25/h4-23H,24H2,1-3H3. The first-order valence-electron chi connectivity index (χ1n) is 14.3. The smallest absolute Gasteiger partial charge is 0.0949 e. The Labute approximate surface area is 241 Å². The molecule has 0 spiro atoms. The van der Waals surface area contributed by atoms with Crippen molar-refractivity contribution in [1.29, 1.82) is 0 Å². The summed E-state index contributed by atoms with van der Waals surface area (Å²) in [5, 5.41) is 0. The van der Waals surface area contributed by atoms with Crippen LogP contribution >= 0.6 is 0 Å². The topological polar surface area (TPSA) is 18.8 Å². The van der Waals surface area contributed by atoms with Crippen molar-refractivity contribution in [3.05, 3.63) is 125 Å². The second-order valence-corrected chi connectivity index (χ2v) is 11.7. The van der Waals surface area contributed by atoms with Crippen LogP contribution in [0.4, 0.5) is 28.4 Å². The van der Waals surface area contributed by atoms with Crippen molar-refractivity contribution >= 4 is 46.8 Å². The lowest BCUT2D eigenvalue weighted by Gasteiger charge is -2.36. The molecule has 0 amide bonds. The third kappa shape index (κ3) is 3.42. The molecule has 0 atom stereocenters. The minimum absolute atomic E-state index is 0.202. The first kappa shape index (κ1) is 24.0. The molecule has 0 unspecified atom stereocenters. The van der Waals surface area contributed by atoms with Crippen LogP contribution in [-0.2, 0) is 5.41 Å². The summed E-state index contributed by atoms with van der Waals surface area (Å²) < 4.78 is 0. The van der Waals surface area contributed by atoms with E-state index in [9.17, 15) is 0 Å². The minimum Gasteiger partial charge on any atom is -0.367 e. The molecule has 0 saturated heterocycles. The van der Waals surface area contributed by atoms with Gasteiger partial charge in [0.15, 0.2) is 0 Å². The Balaban J connectivity index is 1.47. The molecule has 2 aliphatic heterocycles. The molecule has 0 saturated carbocycles. The molecule has 0 N–H and O–H groups in total. The fourth-order valence-corrected chi connectivity index (χ4v) is 7.06. The Kier molecular flexibility index (Phi) is 5.14. The number of para-hydroxylation sites is 1. The molecule has 198 valence electrons.